The average molecular weight is 289 g/mol. The Morgan fingerprint density at radius 1 is 1.35 bits per heavy atom. The molecule has 0 atom stereocenters. The Bertz CT molecular complexity index is 626. The number of fused-ring (bicyclic) bond motifs is 1. The molecule has 0 bridgehead atoms. The maximum absolute atomic E-state index is 11.5. The predicted octanol–water partition coefficient (Wildman–Crippen LogP) is 3.83. The molecule has 0 unspecified atom stereocenters. The first kappa shape index (κ1) is 13.6. The van der Waals surface area contributed by atoms with Crippen LogP contribution in [0.4, 0.5) is 0 Å². The number of hydrogen-bond acceptors (Lipinski definition) is 3. The number of benzene rings is 1. The van der Waals surface area contributed by atoms with Gasteiger partial charge in [0, 0.05) is 11.2 Å². The topological polar surface area (TPSA) is 40.5 Å². The number of aromatic carboxylic acids is 1. The van der Waals surface area contributed by atoms with Gasteiger partial charge in [0.1, 0.15) is 4.88 Å². The second-order valence-corrected chi connectivity index (χ2v) is 6.72. The standard InChI is InChI=1S/C16H19NO2S/c1-11-6-8-17(9-7-11)10-13-12-4-2-3-5-14(12)20-15(13)16(18)19/h2-5,11H,6-10H2,1H3,(H,18,19). The van der Waals surface area contributed by atoms with Crippen LogP contribution in [0.5, 0.6) is 0 Å². The van der Waals surface area contributed by atoms with Crippen molar-refractivity contribution in [3.05, 3.63) is 34.7 Å². The molecule has 1 fully saturated rings. The molecule has 3 nitrogen and oxygen atoms in total. The first-order valence-electron chi connectivity index (χ1n) is 7.11. The number of carboxylic acid groups (broad SMARTS) is 1. The highest BCUT2D eigenvalue weighted by Crippen LogP contribution is 2.33. The molecule has 1 N–H and O–H groups in total. The molecule has 0 spiro atoms. The van der Waals surface area contributed by atoms with E-state index in [1.807, 2.05) is 24.3 Å². The molecule has 1 aliphatic rings. The number of likely N-dealkylation sites (tertiary alicyclic amines) is 1. The number of piperidine rings is 1. The van der Waals surface area contributed by atoms with Crippen molar-refractivity contribution in [3.63, 3.8) is 0 Å². The second-order valence-electron chi connectivity index (χ2n) is 5.67. The lowest BCUT2D eigenvalue weighted by Crippen LogP contribution is -2.32. The maximum atomic E-state index is 11.5. The lowest BCUT2D eigenvalue weighted by molar-refractivity contribution is 0.0699. The molecular formula is C16H19NO2S. The summed E-state index contributed by atoms with van der Waals surface area (Å²) in [4.78, 5) is 14.4. The Balaban J connectivity index is 1.93. The maximum Gasteiger partial charge on any atom is 0.346 e. The van der Waals surface area contributed by atoms with Crippen molar-refractivity contribution in [2.24, 2.45) is 5.92 Å². The Labute approximate surface area is 122 Å². The van der Waals surface area contributed by atoms with Gasteiger partial charge < -0.3 is 5.11 Å². The molecular weight excluding hydrogens is 270 g/mol. The zero-order chi connectivity index (χ0) is 14.1. The van der Waals surface area contributed by atoms with Gasteiger partial charge in [-0.2, -0.15) is 0 Å². The molecule has 0 saturated carbocycles. The van der Waals surface area contributed by atoms with Crippen molar-refractivity contribution in [1.82, 2.24) is 4.90 Å². The van der Waals surface area contributed by atoms with Gasteiger partial charge in [-0.25, -0.2) is 4.79 Å². The molecule has 1 aromatic carbocycles. The summed E-state index contributed by atoms with van der Waals surface area (Å²) >= 11 is 1.39. The van der Waals surface area contributed by atoms with E-state index in [9.17, 15) is 9.90 Å². The predicted molar refractivity (Wildman–Crippen MR) is 82.5 cm³/mol. The number of hydrogen-bond donors (Lipinski definition) is 1. The summed E-state index contributed by atoms with van der Waals surface area (Å²) in [7, 11) is 0. The van der Waals surface area contributed by atoms with Crippen LogP contribution < -0.4 is 0 Å². The Kier molecular flexibility index (Phi) is 3.76. The molecule has 0 aliphatic carbocycles. The van der Waals surface area contributed by atoms with E-state index in [0.29, 0.717) is 4.88 Å². The molecule has 4 heteroatoms. The van der Waals surface area contributed by atoms with Crippen molar-refractivity contribution >= 4 is 27.4 Å². The highest BCUT2D eigenvalue weighted by molar-refractivity contribution is 7.21. The number of carboxylic acids is 1. The van der Waals surface area contributed by atoms with Crippen LogP contribution in [0.15, 0.2) is 24.3 Å². The van der Waals surface area contributed by atoms with Crippen molar-refractivity contribution in [2.45, 2.75) is 26.3 Å². The quantitative estimate of drug-likeness (QED) is 0.933. The summed E-state index contributed by atoms with van der Waals surface area (Å²) in [6.45, 7) is 5.20. The molecule has 0 amide bonds. The van der Waals surface area contributed by atoms with E-state index in [-0.39, 0.29) is 0 Å². The van der Waals surface area contributed by atoms with E-state index in [1.54, 1.807) is 0 Å². The Morgan fingerprint density at radius 3 is 2.75 bits per heavy atom. The third-order valence-electron chi connectivity index (χ3n) is 4.15. The molecule has 2 heterocycles. The van der Waals surface area contributed by atoms with Crippen LogP contribution in [0.1, 0.15) is 35.0 Å². The summed E-state index contributed by atoms with van der Waals surface area (Å²) in [5, 5.41) is 10.5. The molecule has 2 aromatic rings. The van der Waals surface area contributed by atoms with Crippen LogP contribution in [0.3, 0.4) is 0 Å². The molecule has 106 valence electrons. The normalized spacial score (nSPS) is 17.6. The second kappa shape index (κ2) is 5.54. The van der Waals surface area contributed by atoms with Gasteiger partial charge >= 0.3 is 5.97 Å². The molecule has 1 aliphatic heterocycles. The minimum Gasteiger partial charge on any atom is -0.477 e. The molecule has 0 radical (unpaired) electrons. The van der Waals surface area contributed by atoms with Crippen LogP contribution in [-0.2, 0) is 6.54 Å². The monoisotopic (exact) mass is 289 g/mol. The minimum absolute atomic E-state index is 0.504. The van der Waals surface area contributed by atoms with Crippen molar-refractivity contribution < 1.29 is 9.90 Å². The molecule has 3 rings (SSSR count). The Hall–Kier alpha value is -1.39. The largest absolute Gasteiger partial charge is 0.477 e. The van der Waals surface area contributed by atoms with Gasteiger partial charge in [0.2, 0.25) is 0 Å². The zero-order valence-corrected chi connectivity index (χ0v) is 12.4. The highest BCUT2D eigenvalue weighted by Gasteiger charge is 2.22. The zero-order valence-electron chi connectivity index (χ0n) is 11.6. The number of thiophene rings is 1. The van der Waals surface area contributed by atoms with Gasteiger partial charge in [0.25, 0.3) is 0 Å². The first-order chi connectivity index (χ1) is 9.65. The smallest absolute Gasteiger partial charge is 0.346 e. The van der Waals surface area contributed by atoms with E-state index in [4.69, 9.17) is 0 Å². The Morgan fingerprint density at radius 2 is 2.05 bits per heavy atom. The fourth-order valence-electron chi connectivity index (χ4n) is 2.87. The molecule has 1 saturated heterocycles. The van der Waals surface area contributed by atoms with Gasteiger partial charge in [0.15, 0.2) is 0 Å². The van der Waals surface area contributed by atoms with E-state index >= 15 is 0 Å². The molecule has 1 aromatic heterocycles. The lowest BCUT2D eigenvalue weighted by atomic mass is 9.98. The van der Waals surface area contributed by atoms with Crippen molar-refractivity contribution in [1.29, 1.82) is 0 Å². The van der Waals surface area contributed by atoms with Gasteiger partial charge in [-0.15, -0.1) is 11.3 Å². The van der Waals surface area contributed by atoms with Crippen LogP contribution in [0.25, 0.3) is 10.1 Å². The van der Waals surface area contributed by atoms with E-state index < -0.39 is 5.97 Å². The fourth-order valence-corrected chi connectivity index (χ4v) is 3.93. The van der Waals surface area contributed by atoms with Gasteiger partial charge in [-0.3, -0.25) is 4.90 Å². The van der Waals surface area contributed by atoms with Gasteiger partial charge in [-0.1, -0.05) is 25.1 Å². The number of nitrogens with zero attached hydrogens (tertiary/aromatic N) is 1. The fraction of sp³-hybridized carbons (Fsp3) is 0.438. The summed E-state index contributed by atoms with van der Waals surface area (Å²) in [5.41, 5.74) is 0.993. The van der Waals surface area contributed by atoms with Crippen LogP contribution in [0.2, 0.25) is 0 Å². The van der Waals surface area contributed by atoms with Crippen LogP contribution in [-0.4, -0.2) is 29.1 Å². The SMILES string of the molecule is CC1CCN(Cc2c(C(=O)O)sc3ccccc23)CC1. The van der Waals surface area contributed by atoms with Crippen molar-refractivity contribution in [2.75, 3.05) is 13.1 Å². The lowest BCUT2D eigenvalue weighted by Gasteiger charge is -2.30. The van der Waals surface area contributed by atoms with E-state index in [2.05, 4.69) is 11.8 Å². The number of carbonyl (C=O) groups is 1. The molecule has 20 heavy (non-hydrogen) atoms. The summed E-state index contributed by atoms with van der Waals surface area (Å²) in [6.07, 6.45) is 2.43. The summed E-state index contributed by atoms with van der Waals surface area (Å²) in [6, 6.07) is 8.01. The third kappa shape index (κ3) is 2.58. The average Bonchev–Trinajstić information content (AvgIpc) is 2.81. The third-order valence-corrected chi connectivity index (χ3v) is 5.35. The van der Waals surface area contributed by atoms with Crippen LogP contribution >= 0.6 is 11.3 Å². The number of rotatable bonds is 3. The highest BCUT2D eigenvalue weighted by atomic mass is 32.1. The van der Waals surface area contributed by atoms with Crippen LogP contribution in [0, 0.1) is 5.92 Å². The van der Waals surface area contributed by atoms with Gasteiger partial charge in [0.05, 0.1) is 0 Å². The van der Waals surface area contributed by atoms with E-state index in [1.165, 1.54) is 24.2 Å². The first-order valence-corrected chi connectivity index (χ1v) is 7.93. The van der Waals surface area contributed by atoms with Crippen molar-refractivity contribution in [3.8, 4) is 0 Å². The van der Waals surface area contributed by atoms with Gasteiger partial charge in [-0.05, 0) is 48.9 Å². The minimum atomic E-state index is -0.799. The summed E-state index contributed by atoms with van der Waals surface area (Å²) in [5.74, 6) is -0.00371. The summed E-state index contributed by atoms with van der Waals surface area (Å²) < 4.78 is 1.07. The van der Waals surface area contributed by atoms with E-state index in [0.717, 1.165) is 41.2 Å².